The molecular weight excluding hydrogens is 277 g/mol. The first kappa shape index (κ1) is 18.2. The summed E-state index contributed by atoms with van der Waals surface area (Å²) >= 11 is 0. The molecule has 0 fully saturated rings. The Kier molecular flexibility index (Phi) is 6.31. The largest absolute Gasteiger partial charge is 0.433 e. The quantitative estimate of drug-likeness (QED) is 0.901. The van der Waals surface area contributed by atoms with E-state index in [1.165, 1.54) is 12.1 Å². The molecule has 19 heavy (non-hydrogen) atoms. The lowest BCUT2D eigenvalue weighted by Crippen LogP contribution is -2.38. The summed E-state index contributed by atoms with van der Waals surface area (Å²) < 4.78 is 38.1. The Morgan fingerprint density at radius 3 is 2.37 bits per heavy atom. The van der Waals surface area contributed by atoms with Crippen LogP contribution in [0.5, 0.6) is 0 Å². The first-order valence-electron chi connectivity index (χ1n) is 5.56. The maximum absolute atomic E-state index is 12.7. The number of nitrogens with one attached hydrogen (secondary N) is 1. The van der Waals surface area contributed by atoms with Crippen LogP contribution in [0.4, 0.5) is 13.2 Å². The van der Waals surface area contributed by atoms with E-state index < -0.39 is 18.0 Å². The topological polar surface area (TPSA) is 45.1 Å². The Labute approximate surface area is 117 Å². The Morgan fingerprint density at radius 1 is 1.32 bits per heavy atom. The molecular formula is C12H19F3N2OS. The van der Waals surface area contributed by atoms with Crippen molar-refractivity contribution in [3.63, 3.8) is 0 Å². The van der Waals surface area contributed by atoms with Crippen molar-refractivity contribution in [2.24, 2.45) is 0 Å². The highest BCUT2D eigenvalue weighted by Crippen LogP contribution is 2.32. The van der Waals surface area contributed by atoms with E-state index in [0.717, 1.165) is 6.20 Å². The van der Waals surface area contributed by atoms with Gasteiger partial charge in [-0.1, -0.05) is 6.07 Å². The summed E-state index contributed by atoms with van der Waals surface area (Å²) in [7, 11) is 0. The van der Waals surface area contributed by atoms with Gasteiger partial charge in [0.25, 0.3) is 0 Å². The fraction of sp³-hybridized carbons (Fsp3) is 0.583. The predicted octanol–water partition coefficient (Wildman–Crippen LogP) is 2.63. The highest BCUT2D eigenvalue weighted by Gasteiger charge is 2.36. The number of alkyl halides is 3. The van der Waals surface area contributed by atoms with E-state index in [1.54, 1.807) is 0 Å². The van der Waals surface area contributed by atoms with Gasteiger partial charge in [-0.25, -0.2) is 0 Å². The number of aliphatic hydroxyl groups excluding tert-OH is 1. The molecule has 2 N–H and O–H groups in total. The molecule has 0 saturated heterocycles. The number of hydrogen-bond acceptors (Lipinski definition) is 3. The number of hydrogen-bond donors (Lipinski definition) is 2. The minimum Gasteiger partial charge on any atom is -0.387 e. The lowest BCUT2D eigenvalue weighted by molar-refractivity contribution is -0.142. The fourth-order valence-corrected chi connectivity index (χ4v) is 1.44. The second kappa shape index (κ2) is 6.58. The van der Waals surface area contributed by atoms with Crippen molar-refractivity contribution in [1.82, 2.24) is 10.3 Å². The van der Waals surface area contributed by atoms with Crippen LogP contribution in [0, 0.1) is 0 Å². The van der Waals surface area contributed by atoms with Crippen molar-refractivity contribution in [3.05, 3.63) is 29.6 Å². The molecule has 0 amide bonds. The Balaban J connectivity index is 0.00000324. The van der Waals surface area contributed by atoms with E-state index in [-0.39, 0.29) is 31.1 Å². The number of aromatic nitrogens is 1. The summed E-state index contributed by atoms with van der Waals surface area (Å²) in [5.74, 6) is 0. The molecule has 0 unspecified atom stereocenters. The first-order chi connectivity index (χ1) is 8.11. The summed E-state index contributed by atoms with van der Waals surface area (Å²) in [6.45, 7) is 5.65. The van der Waals surface area contributed by atoms with Crippen LogP contribution in [0.2, 0.25) is 0 Å². The molecule has 0 aliphatic heterocycles. The van der Waals surface area contributed by atoms with Crippen LogP contribution >= 0.6 is 13.5 Å². The van der Waals surface area contributed by atoms with Gasteiger partial charge < -0.3 is 10.4 Å². The van der Waals surface area contributed by atoms with E-state index in [1.807, 2.05) is 20.8 Å². The van der Waals surface area contributed by atoms with Crippen molar-refractivity contribution in [1.29, 1.82) is 0 Å². The number of pyridine rings is 1. The maximum atomic E-state index is 12.7. The normalized spacial score (nSPS) is 13.8. The number of aliphatic hydroxyl groups is 1. The third-order valence-electron chi connectivity index (χ3n) is 2.29. The molecule has 0 radical (unpaired) electrons. The van der Waals surface area contributed by atoms with Crippen LogP contribution in [-0.2, 0) is 6.18 Å². The zero-order chi connectivity index (χ0) is 14.0. The minimum atomic E-state index is -4.56. The summed E-state index contributed by atoms with van der Waals surface area (Å²) in [5.41, 5.74) is -1.52. The van der Waals surface area contributed by atoms with Gasteiger partial charge in [-0.3, -0.25) is 4.98 Å². The molecule has 1 rings (SSSR count). The molecule has 110 valence electrons. The van der Waals surface area contributed by atoms with Crippen LogP contribution in [0.25, 0.3) is 0 Å². The summed E-state index contributed by atoms with van der Waals surface area (Å²) in [5, 5.41) is 12.8. The van der Waals surface area contributed by atoms with Gasteiger partial charge >= 0.3 is 6.18 Å². The van der Waals surface area contributed by atoms with Crippen molar-refractivity contribution >= 4 is 13.5 Å². The number of rotatable bonds is 3. The molecule has 0 spiro atoms. The van der Waals surface area contributed by atoms with E-state index >= 15 is 0 Å². The molecule has 0 bridgehead atoms. The van der Waals surface area contributed by atoms with E-state index in [2.05, 4.69) is 10.3 Å². The maximum Gasteiger partial charge on any atom is 0.433 e. The lowest BCUT2D eigenvalue weighted by Gasteiger charge is -2.24. The van der Waals surface area contributed by atoms with E-state index in [0.29, 0.717) is 0 Å². The lowest BCUT2D eigenvalue weighted by atomic mass is 10.0. The van der Waals surface area contributed by atoms with E-state index in [4.69, 9.17) is 0 Å². The first-order valence-corrected chi connectivity index (χ1v) is 5.56. The van der Waals surface area contributed by atoms with Gasteiger partial charge in [0.05, 0.1) is 6.10 Å². The number of halogens is 3. The average molecular weight is 296 g/mol. The zero-order valence-electron chi connectivity index (χ0n) is 11.0. The standard InChI is InChI=1S/C12H17F3N2O.H2S/c1-11(2,3)17-7-9(18)8-5-4-6-16-10(8)12(13,14)15;/h4-6,9,17-18H,7H2,1-3H3;1H2/t9-;/m1./s1. The molecule has 7 heteroatoms. The molecule has 1 aromatic heterocycles. The fourth-order valence-electron chi connectivity index (χ4n) is 1.44. The molecule has 0 aromatic carbocycles. The van der Waals surface area contributed by atoms with Gasteiger partial charge in [0.2, 0.25) is 0 Å². The summed E-state index contributed by atoms with van der Waals surface area (Å²) in [4.78, 5) is 3.30. The highest BCUT2D eigenvalue weighted by molar-refractivity contribution is 7.59. The van der Waals surface area contributed by atoms with Crippen molar-refractivity contribution < 1.29 is 18.3 Å². The van der Waals surface area contributed by atoms with Gasteiger partial charge in [0.15, 0.2) is 0 Å². The highest BCUT2D eigenvalue weighted by atomic mass is 32.1. The third-order valence-corrected chi connectivity index (χ3v) is 2.29. The van der Waals surface area contributed by atoms with Gasteiger partial charge in [-0.15, -0.1) is 0 Å². The van der Waals surface area contributed by atoms with Gasteiger partial charge in [0, 0.05) is 23.8 Å². The van der Waals surface area contributed by atoms with Crippen LogP contribution < -0.4 is 5.32 Å². The van der Waals surface area contributed by atoms with Gasteiger partial charge in [-0.2, -0.15) is 26.7 Å². The van der Waals surface area contributed by atoms with Gasteiger partial charge in [-0.05, 0) is 26.8 Å². The smallest absolute Gasteiger partial charge is 0.387 e. The van der Waals surface area contributed by atoms with Crippen molar-refractivity contribution in [3.8, 4) is 0 Å². The predicted molar refractivity (Wildman–Crippen MR) is 72.3 cm³/mol. The minimum absolute atomic E-state index is 0. The number of β-amino-alcohol motifs (C(OH)–C–C–N with tert-alkyl or cyclic N) is 1. The van der Waals surface area contributed by atoms with E-state index in [9.17, 15) is 18.3 Å². The molecule has 3 nitrogen and oxygen atoms in total. The molecule has 1 heterocycles. The van der Waals surface area contributed by atoms with Crippen molar-refractivity contribution in [2.45, 2.75) is 38.6 Å². The number of nitrogens with zero attached hydrogens (tertiary/aromatic N) is 1. The molecule has 0 aliphatic rings. The third kappa shape index (κ3) is 5.80. The van der Waals surface area contributed by atoms with Crippen LogP contribution in [0.15, 0.2) is 18.3 Å². The summed E-state index contributed by atoms with van der Waals surface area (Å²) in [6.07, 6.45) is -4.73. The monoisotopic (exact) mass is 296 g/mol. The van der Waals surface area contributed by atoms with Crippen LogP contribution in [-0.4, -0.2) is 22.2 Å². The Hall–Kier alpha value is -0.790. The molecule has 0 saturated carbocycles. The average Bonchev–Trinajstić information content (AvgIpc) is 2.24. The van der Waals surface area contributed by atoms with Crippen molar-refractivity contribution in [2.75, 3.05) is 6.54 Å². The second-order valence-electron chi connectivity index (χ2n) is 5.09. The Morgan fingerprint density at radius 2 is 1.89 bits per heavy atom. The SMILES string of the molecule is CC(C)(C)NC[C@@H](O)c1cccnc1C(F)(F)F.S. The van der Waals surface area contributed by atoms with Gasteiger partial charge in [0.1, 0.15) is 5.69 Å². The molecule has 0 aliphatic carbocycles. The molecule has 1 aromatic rings. The van der Waals surface area contributed by atoms with Crippen LogP contribution in [0.1, 0.15) is 38.1 Å². The summed E-state index contributed by atoms with van der Waals surface area (Å²) in [6, 6.07) is 2.62. The zero-order valence-corrected chi connectivity index (χ0v) is 12.0. The Bertz CT molecular complexity index is 405. The molecule has 1 atom stereocenters. The second-order valence-corrected chi connectivity index (χ2v) is 5.09. The van der Waals surface area contributed by atoms with Crippen LogP contribution in [0.3, 0.4) is 0 Å².